The first kappa shape index (κ1) is 28.5. The second-order valence-corrected chi connectivity index (χ2v) is 12.7. The molecule has 2 fully saturated rings. The van der Waals surface area contributed by atoms with Crippen LogP contribution in [0.2, 0.25) is 0 Å². The molecule has 2 aliphatic heterocycles. The molecule has 2 unspecified atom stereocenters. The van der Waals surface area contributed by atoms with Crippen molar-refractivity contribution in [2.45, 2.75) is 56.4 Å². The Hall–Kier alpha value is -4.07. The van der Waals surface area contributed by atoms with Gasteiger partial charge in [-0.2, -0.15) is 0 Å². The molecule has 1 radical (unpaired) electrons. The number of aromatic nitrogens is 1. The van der Waals surface area contributed by atoms with E-state index in [0.29, 0.717) is 10.6 Å². The van der Waals surface area contributed by atoms with Crippen molar-refractivity contribution in [2.75, 3.05) is 13.1 Å². The van der Waals surface area contributed by atoms with Gasteiger partial charge >= 0.3 is 12.1 Å². The van der Waals surface area contributed by atoms with Crippen LogP contribution < -0.4 is 20.1 Å². The summed E-state index contributed by atoms with van der Waals surface area (Å²) in [6, 6.07) is 13.3. The highest BCUT2D eigenvalue weighted by atomic mass is 32.2. The second-order valence-electron chi connectivity index (χ2n) is 10.9. The summed E-state index contributed by atoms with van der Waals surface area (Å²) in [6.07, 6.45) is -1.07. The third kappa shape index (κ3) is 5.47. The number of benzene rings is 2. The Morgan fingerprint density at radius 1 is 1.15 bits per heavy atom. The summed E-state index contributed by atoms with van der Waals surface area (Å²) < 4.78 is 40.4. The average molecular weight is 581 g/mol. The van der Waals surface area contributed by atoms with Crippen molar-refractivity contribution in [2.24, 2.45) is 0 Å². The number of aryl methyl sites for hydroxylation is 1. The van der Waals surface area contributed by atoms with E-state index < -0.39 is 45.2 Å². The zero-order valence-corrected chi connectivity index (χ0v) is 23.8. The van der Waals surface area contributed by atoms with Gasteiger partial charge in [0.05, 0.1) is 16.5 Å². The van der Waals surface area contributed by atoms with E-state index >= 15 is 0 Å². The highest BCUT2D eigenvalue weighted by Crippen LogP contribution is 2.32. The van der Waals surface area contributed by atoms with Crippen LogP contribution in [0.1, 0.15) is 32.0 Å². The Morgan fingerprint density at radius 2 is 1.85 bits per heavy atom. The van der Waals surface area contributed by atoms with Gasteiger partial charge in [0.2, 0.25) is 10.0 Å². The number of carbonyl (C=O) groups excluding carboxylic acids is 3. The van der Waals surface area contributed by atoms with E-state index in [1.54, 1.807) is 20.8 Å². The number of urea groups is 1. The van der Waals surface area contributed by atoms with Crippen LogP contribution in [0.15, 0.2) is 59.5 Å². The molecule has 5 rings (SSSR count). The zero-order chi connectivity index (χ0) is 29.6. The van der Waals surface area contributed by atoms with Crippen molar-refractivity contribution in [3.63, 3.8) is 0 Å². The first-order valence-corrected chi connectivity index (χ1v) is 14.4. The van der Waals surface area contributed by atoms with Crippen LogP contribution >= 0.6 is 0 Å². The summed E-state index contributed by atoms with van der Waals surface area (Å²) in [5.41, 5.74) is -0.184. The van der Waals surface area contributed by atoms with Crippen LogP contribution in [0.5, 0.6) is 5.75 Å². The number of fused-ring (bicyclic) bond motifs is 1. The molecular weight excluding hydrogens is 550 g/mol. The average Bonchev–Trinajstić information content (AvgIpc) is 3.40. The fourth-order valence-electron chi connectivity index (χ4n) is 4.96. The molecule has 0 bridgehead atoms. The SMILES string of the molecule is Cc1cc(COc2ccc(S(=O)(=O)NC3C[N]CC34C(=O)NC(=O)N4C(=O)OC(C)(C)C)cc2)c2ccccc2n1. The third-order valence-electron chi connectivity index (χ3n) is 6.79. The molecule has 2 aliphatic rings. The molecule has 2 aromatic carbocycles. The van der Waals surface area contributed by atoms with E-state index in [2.05, 4.69) is 20.3 Å². The highest BCUT2D eigenvalue weighted by Gasteiger charge is 2.64. The molecule has 4 amide bonds. The molecule has 3 aromatic rings. The number of amides is 4. The lowest BCUT2D eigenvalue weighted by Crippen LogP contribution is -2.65. The van der Waals surface area contributed by atoms with Gasteiger partial charge in [0, 0.05) is 29.7 Å². The van der Waals surface area contributed by atoms with Gasteiger partial charge in [-0.05, 0) is 64.1 Å². The van der Waals surface area contributed by atoms with Gasteiger partial charge in [-0.1, -0.05) is 18.2 Å². The summed E-state index contributed by atoms with van der Waals surface area (Å²) >= 11 is 0. The van der Waals surface area contributed by atoms with Crippen molar-refractivity contribution in [1.29, 1.82) is 0 Å². The minimum absolute atomic E-state index is 0.0920. The van der Waals surface area contributed by atoms with E-state index in [-0.39, 0.29) is 24.6 Å². The number of pyridine rings is 1. The fourth-order valence-corrected chi connectivity index (χ4v) is 6.23. The summed E-state index contributed by atoms with van der Waals surface area (Å²) in [5.74, 6) is -0.378. The number of rotatable bonds is 6. The number of para-hydroxylation sites is 1. The third-order valence-corrected chi connectivity index (χ3v) is 8.28. The Kier molecular flexibility index (Phi) is 7.22. The topological polar surface area (TPSA) is 158 Å². The molecule has 1 aromatic heterocycles. The Bertz CT molecular complexity index is 1640. The van der Waals surface area contributed by atoms with E-state index in [9.17, 15) is 22.8 Å². The van der Waals surface area contributed by atoms with E-state index in [1.807, 2.05) is 37.3 Å². The smallest absolute Gasteiger partial charge is 0.419 e. The first-order valence-electron chi connectivity index (χ1n) is 12.9. The van der Waals surface area contributed by atoms with Crippen LogP contribution in [-0.4, -0.2) is 66.6 Å². The molecule has 1 spiro atoms. The number of sulfonamides is 1. The fraction of sp³-hybridized carbons (Fsp3) is 0.357. The van der Waals surface area contributed by atoms with Crippen molar-refractivity contribution in [3.05, 3.63) is 65.9 Å². The minimum atomic E-state index is -4.19. The monoisotopic (exact) mass is 580 g/mol. The Morgan fingerprint density at radius 3 is 2.56 bits per heavy atom. The zero-order valence-electron chi connectivity index (χ0n) is 23.0. The molecule has 215 valence electrons. The molecule has 0 aliphatic carbocycles. The molecule has 2 saturated heterocycles. The molecule has 41 heavy (non-hydrogen) atoms. The lowest BCUT2D eigenvalue weighted by Gasteiger charge is -2.35. The summed E-state index contributed by atoms with van der Waals surface area (Å²) in [4.78, 5) is 43.5. The summed E-state index contributed by atoms with van der Waals surface area (Å²) in [7, 11) is -4.19. The Balaban J connectivity index is 1.33. The highest BCUT2D eigenvalue weighted by molar-refractivity contribution is 7.89. The van der Waals surface area contributed by atoms with Gasteiger partial charge < -0.3 is 9.47 Å². The number of nitrogens with one attached hydrogen (secondary N) is 2. The van der Waals surface area contributed by atoms with E-state index in [1.165, 1.54) is 24.3 Å². The number of imide groups is 2. The second kappa shape index (κ2) is 10.4. The van der Waals surface area contributed by atoms with Crippen LogP contribution in [0, 0.1) is 6.92 Å². The molecule has 0 saturated carbocycles. The quantitative estimate of drug-likeness (QED) is 0.421. The maximum Gasteiger partial charge on any atom is 0.419 e. The van der Waals surface area contributed by atoms with Gasteiger partial charge in [0.15, 0.2) is 5.54 Å². The first-order chi connectivity index (χ1) is 19.3. The predicted octanol–water partition coefficient (Wildman–Crippen LogP) is 2.61. The van der Waals surface area contributed by atoms with Crippen LogP contribution in [0.4, 0.5) is 9.59 Å². The standard InChI is InChI=1S/C28H30N5O7S/c1-17-13-18(21-7-5-6-8-22(21)30-17)15-39-19-9-11-20(12-10-19)41(37,38)32-23-14-29-16-28(23)24(34)31-25(35)33(28)26(36)40-27(2,3)4/h5-13,23,32H,14-16H2,1-4H3,(H,31,34,35). The summed E-state index contributed by atoms with van der Waals surface area (Å²) in [6.45, 7) is 6.60. The van der Waals surface area contributed by atoms with Gasteiger partial charge in [-0.25, -0.2) is 32.9 Å². The number of hydrogen-bond donors (Lipinski definition) is 2. The predicted molar refractivity (Wildman–Crippen MR) is 148 cm³/mol. The van der Waals surface area contributed by atoms with E-state index in [0.717, 1.165) is 22.2 Å². The van der Waals surface area contributed by atoms with Crippen molar-refractivity contribution >= 4 is 39.0 Å². The molecular formula is C28H30N5O7S. The number of nitrogens with zero attached hydrogens (tertiary/aromatic N) is 3. The minimum Gasteiger partial charge on any atom is -0.489 e. The van der Waals surface area contributed by atoms with Crippen molar-refractivity contribution < 1.29 is 32.3 Å². The van der Waals surface area contributed by atoms with Gasteiger partial charge in [-0.15, -0.1) is 0 Å². The van der Waals surface area contributed by atoms with Crippen LogP contribution in [-0.2, 0) is 26.2 Å². The van der Waals surface area contributed by atoms with Gasteiger partial charge in [0.1, 0.15) is 18.0 Å². The molecule has 13 heteroatoms. The van der Waals surface area contributed by atoms with Crippen LogP contribution in [0.25, 0.3) is 10.9 Å². The molecule has 2 N–H and O–H groups in total. The van der Waals surface area contributed by atoms with Crippen molar-refractivity contribution in [1.82, 2.24) is 25.2 Å². The lowest BCUT2D eigenvalue weighted by atomic mass is 9.93. The molecule has 2 atom stereocenters. The maximum atomic E-state index is 13.3. The number of carbonyl (C=O) groups is 3. The normalized spacial score (nSPS) is 21.0. The summed E-state index contributed by atoms with van der Waals surface area (Å²) in [5, 5.41) is 7.24. The Labute approximate surface area is 237 Å². The lowest BCUT2D eigenvalue weighted by molar-refractivity contribution is -0.126. The number of ether oxygens (including phenoxy) is 2. The van der Waals surface area contributed by atoms with Gasteiger partial charge in [0.25, 0.3) is 5.91 Å². The van der Waals surface area contributed by atoms with E-state index in [4.69, 9.17) is 9.47 Å². The van der Waals surface area contributed by atoms with Crippen LogP contribution in [0.3, 0.4) is 0 Å². The van der Waals surface area contributed by atoms with Crippen molar-refractivity contribution in [3.8, 4) is 5.75 Å². The number of hydrogen-bond acceptors (Lipinski definition) is 8. The largest absolute Gasteiger partial charge is 0.489 e. The van der Waals surface area contributed by atoms with Gasteiger partial charge in [-0.3, -0.25) is 15.1 Å². The maximum absolute atomic E-state index is 13.3. The molecule has 3 heterocycles. The molecule has 12 nitrogen and oxygen atoms in total.